The van der Waals surface area contributed by atoms with Crippen LogP contribution in [-0.4, -0.2) is 11.6 Å². The number of hydrogen-bond donors (Lipinski definition) is 0. The summed E-state index contributed by atoms with van der Waals surface area (Å²) < 4.78 is 14.1. The molecule has 2 aromatic rings. The largest absolute Gasteiger partial charge is 0.294 e. The van der Waals surface area contributed by atoms with E-state index < -0.39 is 11.6 Å². The summed E-state index contributed by atoms with van der Waals surface area (Å²) in [4.78, 5) is 23.7. The van der Waals surface area contributed by atoms with Crippen LogP contribution in [0.15, 0.2) is 53.0 Å². The van der Waals surface area contributed by atoms with Crippen molar-refractivity contribution in [1.29, 1.82) is 0 Å². The molecule has 0 bridgehead atoms. The van der Waals surface area contributed by atoms with Crippen molar-refractivity contribution in [1.82, 2.24) is 0 Å². The lowest BCUT2D eigenvalue weighted by Crippen LogP contribution is -2.10. The Bertz CT molecular complexity index is 623. The van der Waals surface area contributed by atoms with Crippen LogP contribution in [0.2, 0.25) is 0 Å². The lowest BCUT2D eigenvalue weighted by atomic mass is 10.0. The van der Waals surface area contributed by atoms with Gasteiger partial charge in [-0.15, -0.1) is 0 Å². The van der Waals surface area contributed by atoms with Crippen molar-refractivity contribution in [3.05, 3.63) is 69.9 Å². The highest BCUT2D eigenvalue weighted by Gasteiger charge is 2.16. The van der Waals surface area contributed by atoms with Gasteiger partial charge < -0.3 is 0 Å². The molecule has 4 heteroatoms. The number of carbonyl (C=O) groups excluding carboxylic acids is 2. The molecule has 2 rings (SSSR count). The SMILES string of the molecule is O=C(CC(=O)c1ccc(Br)cc1F)c1ccccc1. The Labute approximate surface area is 118 Å². The zero-order chi connectivity index (χ0) is 13.8. The second kappa shape index (κ2) is 5.89. The first-order valence-corrected chi connectivity index (χ1v) is 6.44. The molecule has 96 valence electrons. The average molecular weight is 321 g/mol. The van der Waals surface area contributed by atoms with E-state index in [-0.39, 0.29) is 17.8 Å². The molecular formula is C15H10BrFO2. The summed E-state index contributed by atoms with van der Waals surface area (Å²) in [6.45, 7) is 0. The summed E-state index contributed by atoms with van der Waals surface area (Å²) in [5, 5.41) is 0. The molecule has 2 nitrogen and oxygen atoms in total. The quantitative estimate of drug-likeness (QED) is 0.629. The Morgan fingerprint density at radius 1 is 1.00 bits per heavy atom. The molecule has 0 atom stereocenters. The third kappa shape index (κ3) is 3.35. The van der Waals surface area contributed by atoms with Crippen molar-refractivity contribution in [2.75, 3.05) is 0 Å². The van der Waals surface area contributed by atoms with E-state index >= 15 is 0 Å². The van der Waals surface area contributed by atoms with E-state index in [1.165, 1.54) is 12.1 Å². The molecule has 0 spiro atoms. The van der Waals surface area contributed by atoms with Crippen molar-refractivity contribution in [2.24, 2.45) is 0 Å². The fraction of sp³-hybridized carbons (Fsp3) is 0.0667. The number of carbonyl (C=O) groups is 2. The van der Waals surface area contributed by atoms with Gasteiger partial charge in [0.1, 0.15) is 5.82 Å². The Balaban J connectivity index is 2.15. The van der Waals surface area contributed by atoms with Gasteiger partial charge in [0.25, 0.3) is 0 Å². The molecule has 19 heavy (non-hydrogen) atoms. The average Bonchev–Trinajstić information content (AvgIpc) is 2.39. The van der Waals surface area contributed by atoms with Gasteiger partial charge in [0.05, 0.1) is 12.0 Å². The monoisotopic (exact) mass is 320 g/mol. The van der Waals surface area contributed by atoms with E-state index in [1.807, 2.05) is 0 Å². The first-order chi connectivity index (χ1) is 9.08. The van der Waals surface area contributed by atoms with Gasteiger partial charge in [-0.25, -0.2) is 4.39 Å². The molecule has 0 N–H and O–H groups in total. The number of Topliss-reactive ketones (excluding diaryl/α,β-unsaturated/α-hetero) is 2. The van der Waals surface area contributed by atoms with Crippen LogP contribution in [0.4, 0.5) is 4.39 Å². The third-order valence-corrected chi connectivity index (χ3v) is 3.14. The van der Waals surface area contributed by atoms with Crippen molar-refractivity contribution in [3.63, 3.8) is 0 Å². The van der Waals surface area contributed by atoms with Crippen molar-refractivity contribution in [2.45, 2.75) is 6.42 Å². The van der Waals surface area contributed by atoms with E-state index in [2.05, 4.69) is 15.9 Å². The smallest absolute Gasteiger partial charge is 0.173 e. The molecule has 2 aromatic carbocycles. The Morgan fingerprint density at radius 3 is 2.32 bits per heavy atom. The van der Waals surface area contributed by atoms with Gasteiger partial charge in [0, 0.05) is 10.0 Å². The van der Waals surface area contributed by atoms with Gasteiger partial charge >= 0.3 is 0 Å². The zero-order valence-corrected chi connectivity index (χ0v) is 11.5. The first kappa shape index (κ1) is 13.6. The fourth-order valence-electron chi connectivity index (χ4n) is 1.68. The van der Waals surface area contributed by atoms with E-state index in [4.69, 9.17) is 0 Å². The molecule has 0 aliphatic heterocycles. The van der Waals surface area contributed by atoms with E-state index in [9.17, 15) is 14.0 Å². The maximum Gasteiger partial charge on any atom is 0.173 e. The zero-order valence-electron chi connectivity index (χ0n) is 9.90. The second-order valence-electron chi connectivity index (χ2n) is 4.01. The summed E-state index contributed by atoms with van der Waals surface area (Å²) in [7, 11) is 0. The molecule has 0 saturated heterocycles. The molecule has 0 radical (unpaired) electrons. The van der Waals surface area contributed by atoms with Crippen molar-refractivity contribution >= 4 is 27.5 Å². The number of hydrogen-bond acceptors (Lipinski definition) is 2. The van der Waals surface area contributed by atoms with E-state index in [1.54, 1.807) is 36.4 Å². The predicted molar refractivity (Wildman–Crippen MR) is 73.8 cm³/mol. The molecule has 0 aliphatic carbocycles. The van der Waals surface area contributed by atoms with Crippen LogP contribution >= 0.6 is 15.9 Å². The highest BCUT2D eigenvalue weighted by atomic mass is 79.9. The van der Waals surface area contributed by atoms with Crippen LogP contribution in [0.5, 0.6) is 0 Å². The topological polar surface area (TPSA) is 34.1 Å². The number of rotatable bonds is 4. The Hall–Kier alpha value is -1.81. The highest BCUT2D eigenvalue weighted by molar-refractivity contribution is 9.10. The standard InChI is InChI=1S/C15H10BrFO2/c16-11-6-7-12(13(17)8-11)15(19)9-14(18)10-4-2-1-3-5-10/h1-8H,9H2. The van der Waals surface area contributed by atoms with Crippen LogP contribution < -0.4 is 0 Å². The number of benzene rings is 2. The van der Waals surface area contributed by atoms with Crippen LogP contribution in [0.25, 0.3) is 0 Å². The third-order valence-electron chi connectivity index (χ3n) is 2.65. The lowest BCUT2D eigenvalue weighted by molar-refractivity contribution is 0.0892. The second-order valence-corrected chi connectivity index (χ2v) is 4.93. The summed E-state index contributed by atoms with van der Waals surface area (Å²) in [6, 6.07) is 12.6. The Kier molecular flexibility index (Phi) is 4.22. The summed E-state index contributed by atoms with van der Waals surface area (Å²) >= 11 is 3.11. The molecule has 0 unspecified atom stereocenters. The Morgan fingerprint density at radius 2 is 1.68 bits per heavy atom. The molecule has 0 amide bonds. The minimum absolute atomic E-state index is 0.0625. The van der Waals surface area contributed by atoms with Gasteiger partial charge in [-0.3, -0.25) is 9.59 Å². The minimum Gasteiger partial charge on any atom is -0.294 e. The van der Waals surface area contributed by atoms with E-state index in [0.717, 1.165) is 0 Å². The predicted octanol–water partition coefficient (Wildman–Crippen LogP) is 4.04. The molecule has 0 heterocycles. The lowest BCUT2D eigenvalue weighted by Gasteiger charge is -2.03. The highest BCUT2D eigenvalue weighted by Crippen LogP contribution is 2.17. The molecule has 0 aliphatic rings. The number of halogens is 2. The molecular weight excluding hydrogens is 311 g/mol. The van der Waals surface area contributed by atoms with Crippen LogP contribution in [-0.2, 0) is 0 Å². The van der Waals surface area contributed by atoms with Gasteiger partial charge in [0.15, 0.2) is 11.6 Å². The molecule has 0 saturated carbocycles. The normalized spacial score (nSPS) is 10.2. The van der Waals surface area contributed by atoms with Gasteiger partial charge in [-0.2, -0.15) is 0 Å². The minimum atomic E-state index is -0.625. The van der Waals surface area contributed by atoms with Crippen LogP contribution in [0, 0.1) is 5.82 Å². The van der Waals surface area contributed by atoms with E-state index in [0.29, 0.717) is 10.0 Å². The fourth-order valence-corrected chi connectivity index (χ4v) is 2.02. The first-order valence-electron chi connectivity index (χ1n) is 5.64. The van der Waals surface area contributed by atoms with Crippen LogP contribution in [0.1, 0.15) is 27.1 Å². The van der Waals surface area contributed by atoms with Crippen molar-refractivity contribution in [3.8, 4) is 0 Å². The number of ketones is 2. The molecule has 0 fully saturated rings. The van der Waals surface area contributed by atoms with Gasteiger partial charge in [-0.05, 0) is 18.2 Å². The summed E-state index contributed by atoms with van der Waals surface area (Å²) in [5.41, 5.74) is 0.390. The summed E-state index contributed by atoms with van der Waals surface area (Å²) in [5.74, 6) is -1.45. The summed E-state index contributed by atoms with van der Waals surface area (Å²) in [6.07, 6.45) is -0.331. The van der Waals surface area contributed by atoms with Gasteiger partial charge in [-0.1, -0.05) is 46.3 Å². The van der Waals surface area contributed by atoms with Crippen molar-refractivity contribution < 1.29 is 14.0 Å². The van der Waals surface area contributed by atoms with Crippen LogP contribution in [0.3, 0.4) is 0 Å². The maximum absolute atomic E-state index is 13.6. The maximum atomic E-state index is 13.6. The molecule has 0 aromatic heterocycles. The van der Waals surface area contributed by atoms with Gasteiger partial charge in [0.2, 0.25) is 0 Å².